The number of fused-ring (bicyclic) bond motifs is 1. The number of carbonyl (C=O) groups is 1. The second kappa shape index (κ2) is 15.5. The quantitative estimate of drug-likeness (QED) is 0.0838. The molecule has 0 N–H and O–H groups in total. The molecule has 0 aliphatic heterocycles. The van der Waals surface area contributed by atoms with Crippen LogP contribution in [0.25, 0.3) is 11.1 Å². The van der Waals surface area contributed by atoms with Crippen molar-refractivity contribution in [2.75, 3.05) is 26.2 Å². The maximum atomic E-state index is 14.0. The minimum Gasteiger partial charge on any atom is -0.336 e. The van der Waals surface area contributed by atoms with Gasteiger partial charge >= 0.3 is 6.18 Å². The Balaban J connectivity index is 1.38. The number of halogens is 5. The number of thioether (sulfide) groups is 1. The monoisotopic (exact) mass is 684 g/mol. The molecule has 0 bridgehead atoms. The zero-order chi connectivity index (χ0) is 34.4. The molecular formula is C36H37F5N4O2S. The lowest BCUT2D eigenvalue weighted by atomic mass is 10.0. The van der Waals surface area contributed by atoms with Gasteiger partial charge in [0.15, 0.2) is 16.8 Å². The topological polar surface area (TPSA) is 58.4 Å². The van der Waals surface area contributed by atoms with Crippen molar-refractivity contribution in [3.05, 3.63) is 117 Å². The summed E-state index contributed by atoms with van der Waals surface area (Å²) in [4.78, 5) is 36.3. The molecule has 6 nitrogen and oxygen atoms in total. The van der Waals surface area contributed by atoms with Crippen LogP contribution in [0.2, 0.25) is 0 Å². The van der Waals surface area contributed by atoms with Gasteiger partial charge < -0.3 is 9.80 Å². The van der Waals surface area contributed by atoms with E-state index in [2.05, 4.69) is 4.90 Å². The summed E-state index contributed by atoms with van der Waals surface area (Å²) in [7, 11) is 0. The maximum Gasteiger partial charge on any atom is 0.416 e. The SMILES string of the molecule is CCN(CC)CCN(Cc1ccc(-c2ccc(C(F)(F)F)cc2)cc1)C(=O)Cn1c(SCc2ccc(F)c(F)c2)nc2c(c1=O)CCC2. The summed E-state index contributed by atoms with van der Waals surface area (Å²) in [6.45, 7) is 6.75. The van der Waals surface area contributed by atoms with Crippen LogP contribution in [0.1, 0.15) is 48.2 Å². The van der Waals surface area contributed by atoms with Crippen molar-refractivity contribution in [1.82, 2.24) is 19.4 Å². The molecule has 3 aromatic carbocycles. The summed E-state index contributed by atoms with van der Waals surface area (Å²) in [6.07, 6.45) is -2.37. The summed E-state index contributed by atoms with van der Waals surface area (Å²) in [5, 5.41) is 0.350. The number of benzene rings is 3. The second-order valence-electron chi connectivity index (χ2n) is 11.7. The predicted molar refractivity (Wildman–Crippen MR) is 177 cm³/mol. The van der Waals surface area contributed by atoms with Gasteiger partial charge in [0.1, 0.15) is 6.54 Å². The summed E-state index contributed by atoms with van der Waals surface area (Å²) < 4.78 is 67.8. The molecule has 0 spiro atoms. The molecule has 0 unspecified atom stereocenters. The van der Waals surface area contributed by atoms with Crippen LogP contribution >= 0.6 is 11.8 Å². The number of rotatable bonds is 13. The Morgan fingerprint density at radius 2 is 1.52 bits per heavy atom. The third kappa shape index (κ3) is 8.51. The van der Waals surface area contributed by atoms with Crippen LogP contribution < -0.4 is 5.56 Å². The number of likely N-dealkylation sites (N-methyl/N-ethyl adjacent to an activating group) is 1. The van der Waals surface area contributed by atoms with Gasteiger partial charge in [-0.1, -0.05) is 68.1 Å². The van der Waals surface area contributed by atoms with E-state index in [9.17, 15) is 31.5 Å². The number of amides is 1. The van der Waals surface area contributed by atoms with Gasteiger partial charge in [-0.3, -0.25) is 14.2 Å². The van der Waals surface area contributed by atoms with Crippen molar-refractivity contribution < 1.29 is 26.7 Å². The van der Waals surface area contributed by atoms with Crippen LogP contribution in [0.5, 0.6) is 0 Å². The fraction of sp³-hybridized carbons (Fsp3) is 0.361. The van der Waals surface area contributed by atoms with Gasteiger partial charge in [0, 0.05) is 31.0 Å². The Morgan fingerprint density at radius 1 is 0.875 bits per heavy atom. The van der Waals surface area contributed by atoms with Crippen molar-refractivity contribution in [1.29, 1.82) is 0 Å². The Morgan fingerprint density at radius 3 is 2.15 bits per heavy atom. The maximum absolute atomic E-state index is 14.0. The van der Waals surface area contributed by atoms with Gasteiger partial charge in [-0.05, 0) is 78.9 Å². The minimum atomic E-state index is -4.41. The van der Waals surface area contributed by atoms with E-state index in [-0.39, 0.29) is 30.3 Å². The van der Waals surface area contributed by atoms with Crippen molar-refractivity contribution in [3.8, 4) is 11.1 Å². The minimum absolute atomic E-state index is 0.230. The highest BCUT2D eigenvalue weighted by molar-refractivity contribution is 7.98. The Hall–Kier alpha value is -4.03. The van der Waals surface area contributed by atoms with Crippen molar-refractivity contribution >= 4 is 17.7 Å². The number of aromatic nitrogens is 2. The number of alkyl halides is 3. The largest absolute Gasteiger partial charge is 0.416 e. The first-order valence-electron chi connectivity index (χ1n) is 15.9. The fourth-order valence-corrected chi connectivity index (χ4v) is 6.69. The molecule has 1 heterocycles. The van der Waals surface area contributed by atoms with Crippen LogP contribution in [0, 0.1) is 11.6 Å². The first-order chi connectivity index (χ1) is 23.0. The molecule has 0 atom stereocenters. The van der Waals surface area contributed by atoms with E-state index in [1.54, 1.807) is 4.90 Å². The molecule has 0 saturated heterocycles. The molecule has 0 fully saturated rings. The molecule has 12 heteroatoms. The van der Waals surface area contributed by atoms with Gasteiger partial charge in [-0.2, -0.15) is 13.2 Å². The smallest absolute Gasteiger partial charge is 0.336 e. The highest BCUT2D eigenvalue weighted by atomic mass is 32.2. The summed E-state index contributed by atoms with van der Waals surface area (Å²) >= 11 is 1.20. The summed E-state index contributed by atoms with van der Waals surface area (Å²) in [6, 6.07) is 15.9. The average molecular weight is 685 g/mol. The van der Waals surface area contributed by atoms with Gasteiger partial charge in [-0.15, -0.1) is 0 Å². The van der Waals surface area contributed by atoms with E-state index in [4.69, 9.17) is 4.98 Å². The zero-order valence-electron chi connectivity index (χ0n) is 26.8. The molecule has 0 saturated carbocycles. The summed E-state index contributed by atoms with van der Waals surface area (Å²) in [5.41, 5.74) is 3.07. The van der Waals surface area contributed by atoms with Crippen LogP contribution in [0.3, 0.4) is 0 Å². The van der Waals surface area contributed by atoms with Gasteiger partial charge in [0.05, 0.1) is 11.3 Å². The lowest BCUT2D eigenvalue weighted by Gasteiger charge is -2.27. The lowest BCUT2D eigenvalue weighted by molar-refractivity contribution is -0.137. The molecule has 48 heavy (non-hydrogen) atoms. The van der Waals surface area contributed by atoms with E-state index in [0.717, 1.165) is 54.9 Å². The van der Waals surface area contributed by atoms with Gasteiger partial charge in [0.25, 0.3) is 5.56 Å². The molecule has 1 amide bonds. The second-order valence-corrected chi connectivity index (χ2v) is 12.7. The van der Waals surface area contributed by atoms with E-state index >= 15 is 0 Å². The number of carbonyl (C=O) groups excluding carboxylic acids is 1. The number of nitrogens with zero attached hydrogens (tertiary/aromatic N) is 4. The normalized spacial score (nSPS) is 12.8. The van der Waals surface area contributed by atoms with Gasteiger partial charge in [-0.25, -0.2) is 13.8 Å². The average Bonchev–Trinajstić information content (AvgIpc) is 3.55. The number of aryl methyl sites for hydroxylation is 1. The van der Waals surface area contributed by atoms with E-state index in [1.165, 1.54) is 34.5 Å². The van der Waals surface area contributed by atoms with Gasteiger partial charge in [0.2, 0.25) is 5.91 Å². The van der Waals surface area contributed by atoms with Crippen LogP contribution in [-0.2, 0) is 42.7 Å². The third-order valence-corrected chi connectivity index (χ3v) is 9.65. The van der Waals surface area contributed by atoms with Crippen LogP contribution in [-0.4, -0.2) is 51.4 Å². The lowest BCUT2D eigenvalue weighted by Crippen LogP contribution is -2.41. The molecule has 1 aliphatic carbocycles. The third-order valence-electron chi connectivity index (χ3n) is 8.61. The molecule has 1 aliphatic rings. The standard InChI is InChI=1S/C36H37F5N4O2S/c1-3-43(4-2)18-19-44(21-24-8-11-26(12-9-24)27-13-15-28(16-14-27)36(39,40)41)33(46)22-45-34(47)29-6-5-7-32(29)42-35(45)48-23-25-10-17-30(37)31(38)20-25/h8-17,20H,3-7,18-19,21-23H2,1-2H3. The molecule has 0 radical (unpaired) electrons. The molecular weight excluding hydrogens is 647 g/mol. The highest BCUT2D eigenvalue weighted by Crippen LogP contribution is 2.31. The first-order valence-corrected chi connectivity index (χ1v) is 16.9. The van der Waals surface area contributed by atoms with Crippen molar-refractivity contribution in [3.63, 3.8) is 0 Å². The Kier molecular flexibility index (Phi) is 11.4. The molecule has 254 valence electrons. The van der Waals surface area contributed by atoms with Crippen LogP contribution in [0.4, 0.5) is 22.0 Å². The summed E-state index contributed by atoms with van der Waals surface area (Å²) in [5.74, 6) is -1.95. The Labute approximate surface area is 280 Å². The number of hydrogen-bond acceptors (Lipinski definition) is 5. The molecule has 4 aromatic rings. The molecule has 1 aromatic heterocycles. The molecule has 5 rings (SSSR count). The number of hydrogen-bond donors (Lipinski definition) is 0. The van der Waals surface area contributed by atoms with E-state index in [0.29, 0.717) is 53.5 Å². The predicted octanol–water partition coefficient (Wildman–Crippen LogP) is 7.36. The van der Waals surface area contributed by atoms with E-state index < -0.39 is 23.4 Å². The van der Waals surface area contributed by atoms with E-state index in [1.807, 2.05) is 38.1 Å². The zero-order valence-corrected chi connectivity index (χ0v) is 27.6. The first kappa shape index (κ1) is 35.3. The van der Waals surface area contributed by atoms with Crippen LogP contribution in [0.15, 0.2) is 76.7 Å². The van der Waals surface area contributed by atoms with Crippen molar-refractivity contribution in [2.24, 2.45) is 0 Å². The highest BCUT2D eigenvalue weighted by Gasteiger charge is 2.30. The van der Waals surface area contributed by atoms with Crippen molar-refractivity contribution in [2.45, 2.75) is 63.3 Å². The Bertz CT molecular complexity index is 1790. The fourth-order valence-electron chi connectivity index (χ4n) is 5.74.